The van der Waals surface area contributed by atoms with Crippen molar-refractivity contribution in [3.05, 3.63) is 35.9 Å². The summed E-state index contributed by atoms with van der Waals surface area (Å²) in [6, 6.07) is 9.92. The van der Waals surface area contributed by atoms with Gasteiger partial charge in [-0.25, -0.2) is 4.79 Å². The van der Waals surface area contributed by atoms with Crippen LogP contribution < -0.4 is 5.32 Å². The van der Waals surface area contributed by atoms with E-state index >= 15 is 0 Å². The fourth-order valence-electron chi connectivity index (χ4n) is 3.60. The SMILES string of the molecule is CC1CCCC2(C1)C(=N)NC(=O)N2Cc1ccccc1. The Bertz CT molecular complexity index is 528. The van der Waals surface area contributed by atoms with Crippen LogP contribution in [0.3, 0.4) is 0 Å². The van der Waals surface area contributed by atoms with Gasteiger partial charge in [-0.1, -0.05) is 50.1 Å². The summed E-state index contributed by atoms with van der Waals surface area (Å²) in [5, 5.41) is 11.0. The van der Waals surface area contributed by atoms with Crippen LogP contribution in [0, 0.1) is 11.3 Å². The molecule has 1 aliphatic heterocycles. The Hall–Kier alpha value is -1.84. The van der Waals surface area contributed by atoms with Crippen molar-refractivity contribution in [1.82, 2.24) is 10.2 Å². The van der Waals surface area contributed by atoms with Gasteiger partial charge in [0.1, 0.15) is 11.4 Å². The Morgan fingerprint density at radius 1 is 1.40 bits per heavy atom. The van der Waals surface area contributed by atoms with E-state index in [2.05, 4.69) is 12.2 Å². The van der Waals surface area contributed by atoms with E-state index in [-0.39, 0.29) is 6.03 Å². The van der Waals surface area contributed by atoms with Crippen molar-refractivity contribution in [3.63, 3.8) is 0 Å². The van der Waals surface area contributed by atoms with E-state index in [0.29, 0.717) is 18.3 Å². The van der Waals surface area contributed by atoms with Gasteiger partial charge >= 0.3 is 6.03 Å². The summed E-state index contributed by atoms with van der Waals surface area (Å²) in [6.45, 7) is 2.81. The van der Waals surface area contributed by atoms with Gasteiger partial charge in [0.15, 0.2) is 0 Å². The molecule has 4 nitrogen and oxygen atoms in total. The van der Waals surface area contributed by atoms with E-state index in [9.17, 15) is 4.79 Å². The van der Waals surface area contributed by atoms with Crippen LogP contribution in [0.4, 0.5) is 4.79 Å². The van der Waals surface area contributed by atoms with Crippen LogP contribution in [0.25, 0.3) is 0 Å². The lowest BCUT2D eigenvalue weighted by Gasteiger charge is -2.42. The van der Waals surface area contributed by atoms with Crippen molar-refractivity contribution >= 4 is 11.9 Å². The molecule has 2 aliphatic rings. The zero-order valence-electron chi connectivity index (χ0n) is 11.9. The first-order chi connectivity index (χ1) is 9.62. The maximum atomic E-state index is 12.2. The van der Waals surface area contributed by atoms with Gasteiger partial charge in [-0.2, -0.15) is 0 Å². The van der Waals surface area contributed by atoms with E-state index < -0.39 is 5.54 Å². The van der Waals surface area contributed by atoms with Gasteiger partial charge in [-0.3, -0.25) is 10.7 Å². The smallest absolute Gasteiger partial charge is 0.307 e. The van der Waals surface area contributed by atoms with E-state index in [1.165, 1.54) is 6.42 Å². The molecular weight excluding hydrogens is 250 g/mol. The number of urea groups is 1. The number of amides is 2. The lowest BCUT2D eigenvalue weighted by molar-refractivity contribution is 0.122. The van der Waals surface area contributed by atoms with Gasteiger partial charge in [-0.05, 0) is 24.3 Å². The van der Waals surface area contributed by atoms with Crippen molar-refractivity contribution in [2.24, 2.45) is 5.92 Å². The molecule has 2 unspecified atom stereocenters. The molecule has 1 heterocycles. The quantitative estimate of drug-likeness (QED) is 0.853. The van der Waals surface area contributed by atoms with Crippen molar-refractivity contribution in [1.29, 1.82) is 5.41 Å². The molecule has 0 bridgehead atoms. The summed E-state index contributed by atoms with van der Waals surface area (Å²) in [4.78, 5) is 14.1. The maximum absolute atomic E-state index is 12.2. The molecule has 1 spiro atoms. The standard InChI is InChI=1S/C16H21N3O/c1-12-6-5-9-16(10-12)14(17)18-15(20)19(16)11-13-7-3-2-4-8-13/h2-4,7-8,12H,5-6,9-11H2,1H3,(H2,17,18,20). The fraction of sp³-hybridized carbons (Fsp3) is 0.500. The van der Waals surface area contributed by atoms with Crippen molar-refractivity contribution < 1.29 is 4.79 Å². The van der Waals surface area contributed by atoms with Crippen LogP contribution >= 0.6 is 0 Å². The van der Waals surface area contributed by atoms with Gasteiger partial charge in [0.05, 0.1) is 0 Å². The molecule has 106 valence electrons. The maximum Gasteiger partial charge on any atom is 0.323 e. The number of rotatable bonds is 2. The average Bonchev–Trinajstić information content (AvgIpc) is 2.64. The number of carbonyl (C=O) groups is 1. The Labute approximate surface area is 119 Å². The number of nitrogens with zero attached hydrogens (tertiary/aromatic N) is 1. The molecule has 3 rings (SSSR count). The van der Waals surface area contributed by atoms with Crippen LogP contribution in [0.15, 0.2) is 30.3 Å². The number of hydrogen-bond donors (Lipinski definition) is 2. The summed E-state index contributed by atoms with van der Waals surface area (Å²) in [6.07, 6.45) is 4.09. The molecule has 1 saturated heterocycles. The minimum atomic E-state index is -0.398. The van der Waals surface area contributed by atoms with E-state index in [0.717, 1.165) is 24.8 Å². The van der Waals surface area contributed by atoms with Gasteiger partial charge < -0.3 is 4.90 Å². The van der Waals surface area contributed by atoms with E-state index in [1.807, 2.05) is 35.2 Å². The van der Waals surface area contributed by atoms with Crippen molar-refractivity contribution in [2.45, 2.75) is 44.7 Å². The Kier molecular flexibility index (Phi) is 3.24. The largest absolute Gasteiger partial charge is 0.323 e. The second-order valence-electron chi connectivity index (χ2n) is 6.11. The number of amidine groups is 1. The van der Waals surface area contributed by atoms with Crippen LogP contribution in [0.2, 0.25) is 0 Å². The summed E-state index contributed by atoms with van der Waals surface area (Å²) in [7, 11) is 0. The molecule has 1 aliphatic carbocycles. The first-order valence-electron chi connectivity index (χ1n) is 7.33. The van der Waals surface area contributed by atoms with Crippen molar-refractivity contribution in [3.8, 4) is 0 Å². The lowest BCUT2D eigenvalue weighted by atomic mass is 9.75. The second-order valence-corrected chi connectivity index (χ2v) is 6.11. The molecule has 20 heavy (non-hydrogen) atoms. The Balaban J connectivity index is 1.90. The van der Waals surface area contributed by atoms with Gasteiger partial charge in [0.25, 0.3) is 0 Å². The Morgan fingerprint density at radius 3 is 2.85 bits per heavy atom. The zero-order chi connectivity index (χ0) is 14.2. The third-order valence-electron chi connectivity index (χ3n) is 4.62. The monoisotopic (exact) mass is 271 g/mol. The molecule has 1 aromatic rings. The lowest BCUT2D eigenvalue weighted by Crippen LogP contribution is -2.51. The highest BCUT2D eigenvalue weighted by Crippen LogP contribution is 2.40. The number of hydrogen-bond acceptors (Lipinski definition) is 2. The van der Waals surface area contributed by atoms with Crippen LogP contribution in [-0.2, 0) is 6.54 Å². The summed E-state index contributed by atoms with van der Waals surface area (Å²) < 4.78 is 0. The third-order valence-corrected chi connectivity index (χ3v) is 4.62. The van der Waals surface area contributed by atoms with Crippen LogP contribution in [0.5, 0.6) is 0 Å². The molecule has 2 amide bonds. The van der Waals surface area contributed by atoms with Crippen LogP contribution in [0.1, 0.15) is 38.2 Å². The average molecular weight is 271 g/mol. The van der Waals surface area contributed by atoms with Gasteiger partial charge in [0.2, 0.25) is 0 Å². The molecule has 0 aromatic heterocycles. The third kappa shape index (κ3) is 2.09. The highest BCUT2D eigenvalue weighted by molar-refractivity contribution is 6.08. The minimum absolute atomic E-state index is 0.118. The second kappa shape index (κ2) is 4.93. The molecule has 1 aromatic carbocycles. The highest BCUT2D eigenvalue weighted by atomic mass is 16.2. The van der Waals surface area contributed by atoms with Gasteiger partial charge in [-0.15, -0.1) is 0 Å². The van der Waals surface area contributed by atoms with Gasteiger partial charge in [0, 0.05) is 6.54 Å². The highest BCUT2D eigenvalue weighted by Gasteiger charge is 2.51. The fourth-order valence-corrected chi connectivity index (χ4v) is 3.60. The molecule has 0 radical (unpaired) electrons. The van der Waals surface area contributed by atoms with E-state index in [1.54, 1.807) is 0 Å². The summed E-state index contributed by atoms with van der Waals surface area (Å²) >= 11 is 0. The normalized spacial score (nSPS) is 29.9. The Morgan fingerprint density at radius 2 is 2.15 bits per heavy atom. The van der Waals surface area contributed by atoms with E-state index in [4.69, 9.17) is 5.41 Å². The molecular formula is C16H21N3O. The summed E-state index contributed by atoms with van der Waals surface area (Å²) in [5.74, 6) is 0.958. The molecule has 1 saturated carbocycles. The minimum Gasteiger partial charge on any atom is -0.307 e. The molecule has 2 fully saturated rings. The number of nitrogens with one attached hydrogen (secondary N) is 2. The predicted molar refractivity (Wildman–Crippen MR) is 78.6 cm³/mol. The summed E-state index contributed by atoms with van der Waals surface area (Å²) in [5.41, 5.74) is 0.722. The topological polar surface area (TPSA) is 56.2 Å². The molecule has 4 heteroatoms. The molecule has 2 atom stereocenters. The van der Waals surface area contributed by atoms with Crippen LogP contribution in [-0.4, -0.2) is 22.3 Å². The van der Waals surface area contributed by atoms with Crippen molar-refractivity contribution in [2.75, 3.05) is 0 Å². The molecule has 2 N–H and O–H groups in total. The number of benzene rings is 1. The first kappa shape index (κ1) is 13.2. The first-order valence-corrected chi connectivity index (χ1v) is 7.33. The number of carbonyl (C=O) groups excluding carboxylic acids is 1. The zero-order valence-corrected chi connectivity index (χ0v) is 11.9. The predicted octanol–water partition coefficient (Wildman–Crippen LogP) is 3.14.